The highest BCUT2D eigenvalue weighted by Gasteiger charge is 2.09. The second kappa shape index (κ2) is 3.41. The Labute approximate surface area is 89.2 Å². The number of terminal acetylenes is 1. The van der Waals surface area contributed by atoms with E-state index in [9.17, 15) is 9.59 Å². The highest BCUT2D eigenvalue weighted by atomic mass is 32.1. The first-order valence-corrected chi connectivity index (χ1v) is 5.17. The summed E-state index contributed by atoms with van der Waals surface area (Å²) >= 11 is 1.35. The number of rotatable bonds is 1. The normalized spacial score (nSPS) is 10.4. The summed E-state index contributed by atoms with van der Waals surface area (Å²) in [7, 11) is 0. The molecule has 0 aliphatic heterocycles. The lowest BCUT2D eigenvalue weighted by molar-refractivity contribution is 0.742. The van der Waals surface area contributed by atoms with Gasteiger partial charge in [-0.2, -0.15) is 0 Å². The van der Waals surface area contributed by atoms with Crippen molar-refractivity contribution < 1.29 is 0 Å². The van der Waals surface area contributed by atoms with Gasteiger partial charge in [-0.1, -0.05) is 5.92 Å². The van der Waals surface area contributed by atoms with Crippen molar-refractivity contribution in [3.8, 4) is 12.3 Å². The SMILES string of the molecule is C#CCn1c(=O)[nH]c2scc(C)c2c1=O. The lowest BCUT2D eigenvalue weighted by atomic mass is 10.3. The van der Waals surface area contributed by atoms with E-state index in [-0.39, 0.29) is 12.1 Å². The van der Waals surface area contributed by atoms with Crippen molar-refractivity contribution in [2.75, 3.05) is 0 Å². The van der Waals surface area contributed by atoms with Crippen LogP contribution in [-0.4, -0.2) is 9.55 Å². The first kappa shape index (κ1) is 9.74. The number of nitrogens with zero attached hydrogens (tertiary/aromatic N) is 1. The molecule has 0 saturated heterocycles. The van der Waals surface area contributed by atoms with E-state index in [0.717, 1.165) is 10.1 Å². The Balaban J connectivity index is 2.96. The predicted molar refractivity (Wildman–Crippen MR) is 60.3 cm³/mol. The van der Waals surface area contributed by atoms with E-state index in [1.165, 1.54) is 11.3 Å². The highest BCUT2D eigenvalue weighted by molar-refractivity contribution is 7.16. The van der Waals surface area contributed by atoms with Crippen LogP contribution in [-0.2, 0) is 6.54 Å². The quantitative estimate of drug-likeness (QED) is 0.719. The Bertz CT molecular complexity index is 669. The lowest BCUT2D eigenvalue weighted by Gasteiger charge is -1.99. The van der Waals surface area contributed by atoms with E-state index in [4.69, 9.17) is 6.42 Å². The molecule has 76 valence electrons. The van der Waals surface area contributed by atoms with Crippen LogP contribution >= 0.6 is 11.3 Å². The van der Waals surface area contributed by atoms with Crippen molar-refractivity contribution in [3.05, 3.63) is 31.8 Å². The molecule has 5 heteroatoms. The molecule has 4 nitrogen and oxygen atoms in total. The van der Waals surface area contributed by atoms with E-state index in [1.54, 1.807) is 0 Å². The molecule has 2 aromatic rings. The molecule has 0 aromatic carbocycles. The summed E-state index contributed by atoms with van der Waals surface area (Å²) < 4.78 is 1.03. The van der Waals surface area contributed by atoms with Gasteiger partial charge in [0.1, 0.15) is 4.83 Å². The molecule has 2 aromatic heterocycles. The molecule has 0 amide bonds. The third-order valence-corrected chi connectivity index (χ3v) is 3.16. The Morgan fingerprint density at radius 1 is 1.60 bits per heavy atom. The van der Waals surface area contributed by atoms with E-state index in [0.29, 0.717) is 10.2 Å². The maximum Gasteiger partial charge on any atom is 0.330 e. The van der Waals surface area contributed by atoms with Crippen LogP contribution in [0.3, 0.4) is 0 Å². The summed E-state index contributed by atoms with van der Waals surface area (Å²) in [5.74, 6) is 2.29. The molecule has 0 saturated carbocycles. The van der Waals surface area contributed by atoms with Gasteiger partial charge >= 0.3 is 5.69 Å². The molecule has 0 aliphatic carbocycles. The van der Waals surface area contributed by atoms with E-state index in [1.807, 2.05) is 12.3 Å². The van der Waals surface area contributed by atoms with Crippen molar-refractivity contribution >= 4 is 21.6 Å². The van der Waals surface area contributed by atoms with Crippen LogP contribution < -0.4 is 11.2 Å². The third kappa shape index (κ3) is 1.39. The number of aromatic amines is 1. The smallest absolute Gasteiger partial charge is 0.298 e. The standard InChI is InChI=1S/C10H8N2O2S/c1-3-4-12-9(13)7-6(2)5-15-8(7)11-10(12)14/h1,5H,4H2,2H3,(H,11,14). The summed E-state index contributed by atoms with van der Waals surface area (Å²) in [5, 5.41) is 2.39. The average molecular weight is 220 g/mol. The van der Waals surface area contributed by atoms with E-state index < -0.39 is 5.69 Å². The maximum atomic E-state index is 11.9. The molecule has 0 atom stereocenters. The van der Waals surface area contributed by atoms with E-state index in [2.05, 4.69) is 10.9 Å². The zero-order valence-corrected chi connectivity index (χ0v) is 8.85. The second-order valence-electron chi connectivity index (χ2n) is 3.15. The van der Waals surface area contributed by atoms with Crippen molar-refractivity contribution in [2.24, 2.45) is 0 Å². The van der Waals surface area contributed by atoms with E-state index >= 15 is 0 Å². The van der Waals surface area contributed by atoms with Gasteiger partial charge in [-0.25, -0.2) is 9.36 Å². The summed E-state index contributed by atoms with van der Waals surface area (Å²) in [6, 6.07) is 0. The first-order chi connectivity index (χ1) is 7.15. The Morgan fingerprint density at radius 2 is 2.33 bits per heavy atom. The fraction of sp³-hybridized carbons (Fsp3) is 0.200. The summed E-state index contributed by atoms with van der Waals surface area (Å²) in [5.41, 5.74) is 0.0970. The third-order valence-electron chi connectivity index (χ3n) is 2.15. The molecular weight excluding hydrogens is 212 g/mol. The molecule has 0 fully saturated rings. The van der Waals surface area contributed by atoms with Crippen LogP contribution in [0, 0.1) is 19.3 Å². The minimum absolute atomic E-state index is 0.000602. The Morgan fingerprint density at radius 3 is 3.00 bits per heavy atom. The molecule has 0 spiro atoms. The fourth-order valence-corrected chi connectivity index (χ4v) is 2.35. The van der Waals surface area contributed by atoms with Gasteiger partial charge in [0.15, 0.2) is 0 Å². The molecule has 0 unspecified atom stereocenters. The minimum Gasteiger partial charge on any atom is -0.298 e. The van der Waals surface area contributed by atoms with Crippen LogP contribution in [0.1, 0.15) is 5.56 Å². The van der Waals surface area contributed by atoms with Crippen molar-refractivity contribution in [2.45, 2.75) is 13.5 Å². The minimum atomic E-state index is -0.452. The topological polar surface area (TPSA) is 54.9 Å². The lowest BCUT2D eigenvalue weighted by Crippen LogP contribution is -2.34. The van der Waals surface area contributed by atoms with Gasteiger partial charge in [0.2, 0.25) is 0 Å². The number of aryl methyl sites for hydroxylation is 1. The largest absolute Gasteiger partial charge is 0.330 e. The number of aromatic nitrogens is 2. The van der Waals surface area contributed by atoms with Crippen LogP contribution in [0.5, 0.6) is 0 Å². The molecule has 0 radical (unpaired) electrons. The summed E-state index contributed by atoms with van der Waals surface area (Å²) in [6.45, 7) is 1.83. The summed E-state index contributed by atoms with van der Waals surface area (Å²) in [6.07, 6.45) is 5.10. The van der Waals surface area contributed by atoms with Gasteiger partial charge in [0, 0.05) is 0 Å². The van der Waals surface area contributed by atoms with Crippen molar-refractivity contribution in [1.29, 1.82) is 0 Å². The number of thiophene rings is 1. The number of H-pyrrole nitrogens is 1. The average Bonchev–Trinajstić information content (AvgIpc) is 2.54. The Hall–Kier alpha value is -1.80. The van der Waals surface area contributed by atoms with Gasteiger partial charge in [0.05, 0.1) is 11.9 Å². The van der Waals surface area contributed by atoms with Crippen LogP contribution in [0.15, 0.2) is 15.0 Å². The Kier molecular flexibility index (Phi) is 2.21. The van der Waals surface area contributed by atoms with Crippen LogP contribution in [0.4, 0.5) is 0 Å². The van der Waals surface area contributed by atoms with Crippen LogP contribution in [0.25, 0.3) is 10.2 Å². The molecule has 0 aliphatic rings. The van der Waals surface area contributed by atoms with Gasteiger partial charge in [-0.05, 0) is 17.9 Å². The summed E-state index contributed by atoms with van der Waals surface area (Å²) in [4.78, 5) is 26.6. The number of nitrogens with one attached hydrogen (secondary N) is 1. The van der Waals surface area contributed by atoms with Gasteiger partial charge in [-0.3, -0.25) is 9.78 Å². The zero-order chi connectivity index (χ0) is 11.0. The fourth-order valence-electron chi connectivity index (χ4n) is 1.43. The molecule has 15 heavy (non-hydrogen) atoms. The number of hydrogen-bond donors (Lipinski definition) is 1. The monoisotopic (exact) mass is 220 g/mol. The first-order valence-electron chi connectivity index (χ1n) is 4.29. The molecule has 2 heterocycles. The molecule has 0 bridgehead atoms. The van der Waals surface area contributed by atoms with Crippen LogP contribution in [0.2, 0.25) is 0 Å². The number of fused-ring (bicyclic) bond motifs is 1. The second-order valence-corrected chi connectivity index (χ2v) is 4.03. The molecular formula is C10H8N2O2S. The highest BCUT2D eigenvalue weighted by Crippen LogP contribution is 2.18. The van der Waals surface area contributed by atoms with Crippen molar-refractivity contribution in [1.82, 2.24) is 9.55 Å². The molecule has 2 rings (SSSR count). The van der Waals surface area contributed by atoms with Gasteiger partial charge in [0.25, 0.3) is 5.56 Å². The van der Waals surface area contributed by atoms with Gasteiger partial charge < -0.3 is 0 Å². The maximum absolute atomic E-state index is 11.9. The number of hydrogen-bond acceptors (Lipinski definition) is 3. The van der Waals surface area contributed by atoms with Gasteiger partial charge in [-0.15, -0.1) is 17.8 Å². The zero-order valence-electron chi connectivity index (χ0n) is 8.03. The predicted octanol–water partition coefficient (Wildman–Crippen LogP) is 0.693. The molecule has 1 N–H and O–H groups in total. The van der Waals surface area contributed by atoms with Crippen molar-refractivity contribution in [3.63, 3.8) is 0 Å².